The highest BCUT2D eigenvalue weighted by atomic mass is 32.2. The van der Waals surface area contributed by atoms with Crippen LogP contribution >= 0.6 is 11.3 Å². The summed E-state index contributed by atoms with van der Waals surface area (Å²) in [5.41, 5.74) is 1.34. The molecule has 2 aliphatic heterocycles. The molecule has 11 heteroatoms. The Morgan fingerprint density at radius 3 is 2.50 bits per heavy atom. The van der Waals surface area contributed by atoms with Crippen LogP contribution in [0.4, 0.5) is 5.13 Å². The van der Waals surface area contributed by atoms with Gasteiger partial charge in [0.15, 0.2) is 5.13 Å². The fraction of sp³-hybridized carbons (Fsp3) is 0.421. The maximum absolute atomic E-state index is 12.9. The summed E-state index contributed by atoms with van der Waals surface area (Å²) in [5, 5.41) is 3.22. The minimum atomic E-state index is -3.59. The molecule has 2 aliphatic rings. The first-order chi connectivity index (χ1) is 14.3. The molecule has 4 rings (SSSR count). The minimum absolute atomic E-state index is 0.162. The second-order valence-corrected chi connectivity index (χ2v) is 10.1. The van der Waals surface area contributed by atoms with Crippen molar-refractivity contribution in [1.29, 1.82) is 0 Å². The van der Waals surface area contributed by atoms with E-state index in [2.05, 4.69) is 10.3 Å². The number of aromatic nitrogens is 1. The van der Waals surface area contributed by atoms with Crippen molar-refractivity contribution in [2.45, 2.75) is 24.8 Å². The van der Waals surface area contributed by atoms with E-state index in [9.17, 15) is 18.0 Å². The molecule has 0 saturated carbocycles. The van der Waals surface area contributed by atoms with Gasteiger partial charge in [0.25, 0.3) is 5.91 Å². The number of hydrogen-bond donors (Lipinski definition) is 1. The highest BCUT2D eigenvalue weighted by Gasteiger charge is 2.28. The number of rotatable bonds is 4. The Hall–Kier alpha value is -2.34. The average molecular weight is 451 g/mol. The number of carbonyl (C=O) groups is 2. The first-order valence-corrected chi connectivity index (χ1v) is 11.8. The Morgan fingerprint density at radius 2 is 1.83 bits per heavy atom. The van der Waals surface area contributed by atoms with Crippen molar-refractivity contribution in [2.75, 3.05) is 38.2 Å². The Labute approximate surface area is 178 Å². The van der Waals surface area contributed by atoms with Gasteiger partial charge in [0.2, 0.25) is 15.9 Å². The SMILES string of the molecule is CC(=O)Nc1nc2c(s1)CN(C(=O)c1ccc(S(=O)(=O)N3CCOCC3)cc1)CC2. The molecule has 3 heterocycles. The molecule has 2 amide bonds. The van der Waals surface area contributed by atoms with Crippen molar-refractivity contribution in [1.82, 2.24) is 14.2 Å². The number of hydrogen-bond acceptors (Lipinski definition) is 7. The molecule has 30 heavy (non-hydrogen) atoms. The third-order valence-electron chi connectivity index (χ3n) is 5.01. The molecule has 0 bridgehead atoms. The highest BCUT2D eigenvalue weighted by molar-refractivity contribution is 7.89. The molecule has 1 fully saturated rings. The zero-order valence-corrected chi connectivity index (χ0v) is 18.1. The zero-order valence-electron chi connectivity index (χ0n) is 16.5. The van der Waals surface area contributed by atoms with Crippen LogP contribution in [0.1, 0.15) is 27.9 Å². The molecule has 0 unspecified atom stereocenters. The molecule has 0 spiro atoms. The first kappa shape index (κ1) is 20.9. The molecule has 0 radical (unpaired) electrons. The number of fused-ring (bicyclic) bond motifs is 1. The summed E-state index contributed by atoms with van der Waals surface area (Å²) < 4.78 is 32.1. The molecule has 1 aromatic heterocycles. The summed E-state index contributed by atoms with van der Waals surface area (Å²) in [5.74, 6) is -0.341. The maximum atomic E-state index is 12.9. The third kappa shape index (κ3) is 4.24. The zero-order chi connectivity index (χ0) is 21.3. The van der Waals surface area contributed by atoms with Gasteiger partial charge in [-0.25, -0.2) is 13.4 Å². The van der Waals surface area contributed by atoms with Gasteiger partial charge >= 0.3 is 0 Å². The van der Waals surface area contributed by atoms with Crippen LogP contribution in [0.25, 0.3) is 0 Å². The van der Waals surface area contributed by atoms with E-state index >= 15 is 0 Å². The predicted molar refractivity (Wildman–Crippen MR) is 111 cm³/mol. The molecule has 1 N–H and O–H groups in total. The normalized spacial score (nSPS) is 17.4. The molecule has 0 aliphatic carbocycles. The van der Waals surface area contributed by atoms with Crippen molar-refractivity contribution in [2.24, 2.45) is 0 Å². The van der Waals surface area contributed by atoms with E-state index in [1.54, 1.807) is 17.0 Å². The van der Waals surface area contributed by atoms with Crippen LogP contribution in [0.15, 0.2) is 29.2 Å². The molecule has 160 valence electrons. The second-order valence-electron chi connectivity index (χ2n) is 7.09. The Balaban J connectivity index is 1.46. The molecule has 1 saturated heterocycles. The summed E-state index contributed by atoms with van der Waals surface area (Å²) in [7, 11) is -3.59. The predicted octanol–water partition coefficient (Wildman–Crippen LogP) is 1.32. The van der Waals surface area contributed by atoms with Crippen LogP contribution in [-0.2, 0) is 32.5 Å². The number of ether oxygens (including phenoxy) is 1. The molecule has 2 aromatic rings. The highest BCUT2D eigenvalue weighted by Crippen LogP contribution is 2.29. The van der Waals surface area contributed by atoms with Gasteiger partial charge in [-0.1, -0.05) is 11.3 Å². The van der Waals surface area contributed by atoms with Gasteiger partial charge in [-0.2, -0.15) is 4.31 Å². The summed E-state index contributed by atoms with van der Waals surface area (Å²) in [6, 6.07) is 6.07. The molecule has 9 nitrogen and oxygen atoms in total. The average Bonchev–Trinajstić information content (AvgIpc) is 3.14. The van der Waals surface area contributed by atoms with Crippen LogP contribution in [0.5, 0.6) is 0 Å². The Morgan fingerprint density at radius 1 is 1.13 bits per heavy atom. The molecule has 0 atom stereocenters. The van der Waals surface area contributed by atoms with E-state index in [4.69, 9.17) is 4.74 Å². The van der Waals surface area contributed by atoms with Crippen LogP contribution in [-0.4, -0.2) is 67.3 Å². The van der Waals surface area contributed by atoms with Gasteiger partial charge in [0.05, 0.1) is 30.3 Å². The van der Waals surface area contributed by atoms with Crippen LogP contribution in [0.2, 0.25) is 0 Å². The Kier molecular flexibility index (Phi) is 5.87. The molecule has 1 aromatic carbocycles. The van der Waals surface area contributed by atoms with Crippen molar-refractivity contribution in [3.8, 4) is 0 Å². The lowest BCUT2D eigenvalue weighted by Crippen LogP contribution is -2.40. The van der Waals surface area contributed by atoms with Crippen LogP contribution < -0.4 is 5.32 Å². The lowest BCUT2D eigenvalue weighted by molar-refractivity contribution is -0.114. The number of nitrogens with zero attached hydrogens (tertiary/aromatic N) is 3. The summed E-state index contributed by atoms with van der Waals surface area (Å²) in [6.07, 6.45) is 0.612. The first-order valence-electron chi connectivity index (χ1n) is 9.58. The molecular formula is C19H22N4O5S2. The smallest absolute Gasteiger partial charge is 0.254 e. The number of nitrogens with one attached hydrogen (secondary N) is 1. The standard InChI is InChI=1S/C19H22N4O5S2/c1-13(24)20-19-21-16-6-7-22(12-17(16)29-19)18(25)14-2-4-15(5-3-14)30(26,27)23-8-10-28-11-9-23/h2-5H,6-12H2,1H3,(H,20,21,24). The number of thiazole rings is 1. The monoisotopic (exact) mass is 450 g/mol. The summed E-state index contributed by atoms with van der Waals surface area (Å²) in [4.78, 5) is 31.4. The maximum Gasteiger partial charge on any atom is 0.254 e. The summed E-state index contributed by atoms with van der Waals surface area (Å²) in [6.45, 7) is 3.78. The van der Waals surface area contributed by atoms with E-state index in [1.165, 1.54) is 34.7 Å². The minimum Gasteiger partial charge on any atom is -0.379 e. The number of amides is 2. The number of carbonyl (C=O) groups excluding carboxylic acids is 2. The fourth-order valence-electron chi connectivity index (χ4n) is 3.46. The number of sulfonamides is 1. The van der Waals surface area contributed by atoms with Crippen LogP contribution in [0, 0.1) is 0 Å². The van der Waals surface area contributed by atoms with E-state index in [1.807, 2.05) is 0 Å². The Bertz CT molecular complexity index is 1060. The van der Waals surface area contributed by atoms with Gasteiger partial charge in [-0.3, -0.25) is 9.59 Å². The third-order valence-corrected chi connectivity index (χ3v) is 7.92. The van der Waals surface area contributed by atoms with Crippen LogP contribution in [0.3, 0.4) is 0 Å². The largest absolute Gasteiger partial charge is 0.379 e. The van der Waals surface area contributed by atoms with Gasteiger partial charge < -0.3 is 15.0 Å². The van der Waals surface area contributed by atoms with Crippen molar-refractivity contribution >= 4 is 38.3 Å². The van der Waals surface area contributed by atoms with Gasteiger partial charge in [-0.15, -0.1) is 0 Å². The lowest BCUT2D eigenvalue weighted by Gasteiger charge is -2.27. The fourth-order valence-corrected chi connectivity index (χ4v) is 5.94. The van der Waals surface area contributed by atoms with Crippen molar-refractivity contribution < 1.29 is 22.7 Å². The number of anilines is 1. The van der Waals surface area contributed by atoms with Gasteiger partial charge in [0.1, 0.15) is 0 Å². The quantitative estimate of drug-likeness (QED) is 0.753. The van der Waals surface area contributed by atoms with Crippen molar-refractivity contribution in [3.63, 3.8) is 0 Å². The van der Waals surface area contributed by atoms with E-state index in [-0.39, 0.29) is 16.7 Å². The number of morpholine rings is 1. The van der Waals surface area contributed by atoms with E-state index in [0.29, 0.717) is 56.5 Å². The number of benzene rings is 1. The van der Waals surface area contributed by atoms with Gasteiger partial charge in [0, 0.05) is 43.4 Å². The van der Waals surface area contributed by atoms with Crippen molar-refractivity contribution in [3.05, 3.63) is 40.4 Å². The molecular weight excluding hydrogens is 428 g/mol. The lowest BCUT2D eigenvalue weighted by atomic mass is 10.1. The topological polar surface area (TPSA) is 109 Å². The van der Waals surface area contributed by atoms with Gasteiger partial charge in [-0.05, 0) is 24.3 Å². The second kappa shape index (κ2) is 8.42. The van der Waals surface area contributed by atoms with E-state index < -0.39 is 10.0 Å². The summed E-state index contributed by atoms with van der Waals surface area (Å²) >= 11 is 1.37. The van der Waals surface area contributed by atoms with E-state index in [0.717, 1.165) is 10.6 Å².